The Kier molecular flexibility index (Phi) is 11.6. The number of rotatable bonds is 6. The maximum atomic E-state index is 8.27. The molecule has 0 heterocycles. The second kappa shape index (κ2) is 12.6. The third-order valence-electron chi connectivity index (χ3n) is 4.50. The van der Waals surface area contributed by atoms with Crippen molar-refractivity contribution in [2.45, 2.75) is 33.7 Å². The normalized spacial score (nSPS) is 9.92. The zero-order valence-electron chi connectivity index (χ0n) is 15.1. The molecule has 2 rings (SSSR count). The molecule has 0 saturated carbocycles. The summed E-state index contributed by atoms with van der Waals surface area (Å²) in [4.78, 5) is 0. The Morgan fingerprint density at radius 1 is 0.750 bits per heavy atom. The van der Waals surface area contributed by atoms with Crippen LogP contribution in [-0.4, -0.2) is 24.1 Å². The molecule has 0 atom stereocenters. The van der Waals surface area contributed by atoms with Crippen molar-refractivity contribution in [2.24, 2.45) is 0 Å². The van der Waals surface area contributed by atoms with Crippen molar-refractivity contribution in [1.82, 2.24) is 0 Å². The molecule has 0 spiro atoms. The van der Waals surface area contributed by atoms with E-state index in [4.69, 9.17) is 5.26 Å². The third kappa shape index (κ3) is 7.64. The number of halogens is 1. The van der Waals surface area contributed by atoms with Crippen LogP contribution in [0.15, 0.2) is 60.7 Å². The van der Waals surface area contributed by atoms with Gasteiger partial charge >= 0.3 is 0 Å². The largest absolute Gasteiger partial charge is 1.00 e. The van der Waals surface area contributed by atoms with Gasteiger partial charge < -0.3 is 16.9 Å². The molecule has 0 aliphatic heterocycles. The highest BCUT2D eigenvalue weighted by Gasteiger charge is 2.20. The molecule has 2 nitrogen and oxygen atoms in total. The standard InChI is InChI=1S/C13H22N.C8H7N.ClH/c1-4-14(5-2,6-3)12-13-10-8-7-9-11-13;9-7-6-8-4-2-1-3-5-8;/h7-11H,4-6,12H2,1-3H3;1-5H,6H2;1H/q+1;;/p-1. The van der Waals surface area contributed by atoms with Crippen molar-refractivity contribution >= 4 is 0 Å². The Morgan fingerprint density at radius 2 is 1.17 bits per heavy atom. The van der Waals surface area contributed by atoms with Gasteiger partial charge in [-0.25, -0.2) is 0 Å². The molecule has 130 valence electrons. The van der Waals surface area contributed by atoms with Crippen molar-refractivity contribution in [3.05, 3.63) is 71.8 Å². The quantitative estimate of drug-likeness (QED) is 0.733. The lowest BCUT2D eigenvalue weighted by atomic mass is 10.2. The number of quaternary nitrogens is 1. The fraction of sp³-hybridized carbons (Fsp3) is 0.381. The number of hydrogen-bond acceptors (Lipinski definition) is 1. The highest BCUT2D eigenvalue weighted by atomic mass is 35.5. The predicted molar refractivity (Wildman–Crippen MR) is 97.8 cm³/mol. The van der Waals surface area contributed by atoms with Crippen molar-refractivity contribution in [2.75, 3.05) is 19.6 Å². The van der Waals surface area contributed by atoms with Crippen LogP contribution in [-0.2, 0) is 13.0 Å². The third-order valence-corrected chi connectivity index (χ3v) is 4.50. The van der Waals surface area contributed by atoms with E-state index in [0.717, 1.165) is 5.56 Å². The van der Waals surface area contributed by atoms with Gasteiger partial charge in [-0.05, 0) is 26.3 Å². The van der Waals surface area contributed by atoms with Crippen molar-refractivity contribution in [3.63, 3.8) is 0 Å². The number of nitriles is 1. The maximum absolute atomic E-state index is 8.27. The van der Waals surface area contributed by atoms with Gasteiger partial charge in [-0.1, -0.05) is 60.7 Å². The molecule has 0 amide bonds. The molecule has 0 bridgehead atoms. The summed E-state index contributed by atoms with van der Waals surface area (Å²) in [5.41, 5.74) is 2.54. The first-order valence-electron chi connectivity index (χ1n) is 8.49. The Bertz CT molecular complexity index is 564. The number of hydrogen-bond donors (Lipinski definition) is 0. The summed E-state index contributed by atoms with van der Waals surface area (Å²) >= 11 is 0. The molecule has 0 fully saturated rings. The lowest BCUT2D eigenvalue weighted by Crippen LogP contribution is -3.00. The Balaban J connectivity index is 0.000000460. The summed E-state index contributed by atoms with van der Waals surface area (Å²) in [6, 6.07) is 22.6. The summed E-state index contributed by atoms with van der Waals surface area (Å²) in [6.07, 6.45) is 0.515. The monoisotopic (exact) mass is 344 g/mol. The van der Waals surface area contributed by atoms with E-state index in [1.807, 2.05) is 30.3 Å². The van der Waals surface area contributed by atoms with Gasteiger partial charge in [-0.2, -0.15) is 5.26 Å². The van der Waals surface area contributed by atoms with Gasteiger partial charge in [0.1, 0.15) is 6.54 Å². The maximum Gasteiger partial charge on any atom is 0.104 e. The van der Waals surface area contributed by atoms with Crippen LogP contribution < -0.4 is 12.4 Å². The van der Waals surface area contributed by atoms with Crippen LogP contribution in [0.4, 0.5) is 0 Å². The molecule has 0 aliphatic rings. The van der Waals surface area contributed by atoms with Crippen LogP contribution in [0.5, 0.6) is 0 Å². The highest BCUT2D eigenvalue weighted by Crippen LogP contribution is 2.13. The van der Waals surface area contributed by atoms with E-state index >= 15 is 0 Å². The van der Waals surface area contributed by atoms with Crippen molar-refractivity contribution in [1.29, 1.82) is 5.26 Å². The summed E-state index contributed by atoms with van der Waals surface area (Å²) in [7, 11) is 0. The fourth-order valence-corrected chi connectivity index (χ4v) is 2.66. The lowest BCUT2D eigenvalue weighted by Gasteiger charge is -2.35. The molecular formula is C21H29ClN2. The summed E-state index contributed by atoms with van der Waals surface area (Å²) in [5.74, 6) is 0. The van der Waals surface area contributed by atoms with E-state index in [0.29, 0.717) is 6.42 Å². The minimum atomic E-state index is 0. The molecule has 0 saturated heterocycles. The minimum absolute atomic E-state index is 0. The first kappa shape index (κ1) is 22.2. The molecule has 2 aromatic carbocycles. The average Bonchev–Trinajstić information content (AvgIpc) is 2.62. The van der Waals surface area contributed by atoms with Gasteiger partial charge in [0.15, 0.2) is 0 Å². The van der Waals surface area contributed by atoms with Gasteiger partial charge in [0.2, 0.25) is 0 Å². The predicted octanol–water partition coefficient (Wildman–Crippen LogP) is 1.82. The molecule has 0 radical (unpaired) electrons. The van der Waals surface area contributed by atoms with Gasteiger partial charge in [-0.3, -0.25) is 0 Å². The lowest BCUT2D eigenvalue weighted by molar-refractivity contribution is -0.936. The average molecular weight is 345 g/mol. The fourth-order valence-electron chi connectivity index (χ4n) is 2.66. The molecule has 3 heteroatoms. The first-order chi connectivity index (χ1) is 11.2. The molecule has 0 unspecified atom stereocenters. The van der Waals surface area contributed by atoms with Crippen LogP contribution in [0.3, 0.4) is 0 Å². The summed E-state index contributed by atoms with van der Waals surface area (Å²) in [5, 5.41) is 8.27. The Labute approximate surface area is 153 Å². The van der Waals surface area contributed by atoms with Crippen LogP contribution in [0.1, 0.15) is 31.9 Å². The van der Waals surface area contributed by atoms with E-state index in [1.165, 1.54) is 36.2 Å². The number of nitrogens with zero attached hydrogens (tertiary/aromatic N) is 2. The van der Waals surface area contributed by atoms with Crippen molar-refractivity contribution in [3.8, 4) is 6.07 Å². The smallest absolute Gasteiger partial charge is 0.104 e. The second-order valence-electron chi connectivity index (χ2n) is 5.75. The Hall–Kier alpha value is -1.82. The first-order valence-corrected chi connectivity index (χ1v) is 8.49. The van der Waals surface area contributed by atoms with Gasteiger partial charge in [0.25, 0.3) is 0 Å². The SMILES string of the molecule is CC[N+](CC)(CC)Cc1ccccc1.N#CCc1ccccc1.[Cl-]. The zero-order chi connectivity index (χ0) is 17.0. The van der Waals surface area contributed by atoms with E-state index in [-0.39, 0.29) is 12.4 Å². The van der Waals surface area contributed by atoms with Crippen LogP contribution in [0.25, 0.3) is 0 Å². The van der Waals surface area contributed by atoms with E-state index in [2.05, 4.69) is 57.2 Å². The van der Waals surface area contributed by atoms with Crippen LogP contribution in [0.2, 0.25) is 0 Å². The molecule has 24 heavy (non-hydrogen) atoms. The highest BCUT2D eigenvalue weighted by molar-refractivity contribution is 5.17. The van der Waals surface area contributed by atoms with Gasteiger partial charge in [0, 0.05) is 5.56 Å². The van der Waals surface area contributed by atoms with E-state index < -0.39 is 0 Å². The molecular weight excluding hydrogens is 316 g/mol. The minimum Gasteiger partial charge on any atom is -1.00 e. The van der Waals surface area contributed by atoms with Gasteiger partial charge in [0.05, 0.1) is 32.1 Å². The molecule has 0 aromatic heterocycles. The summed E-state index contributed by atoms with van der Waals surface area (Å²) in [6.45, 7) is 11.7. The second-order valence-corrected chi connectivity index (χ2v) is 5.75. The van der Waals surface area contributed by atoms with Crippen LogP contribution >= 0.6 is 0 Å². The van der Waals surface area contributed by atoms with E-state index in [1.54, 1.807) is 0 Å². The zero-order valence-corrected chi connectivity index (χ0v) is 15.8. The Morgan fingerprint density at radius 3 is 1.54 bits per heavy atom. The molecule has 2 aromatic rings. The van der Waals surface area contributed by atoms with Gasteiger partial charge in [-0.15, -0.1) is 0 Å². The van der Waals surface area contributed by atoms with Crippen LogP contribution in [0, 0.1) is 11.3 Å². The van der Waals surface area contributed by atoms with E-state index in [9.17, 15) is 0 Å². The van der Waals surface area contributed by atoms with Crippen molar-refractivity contribution < 1.29 is 16.9 Å². The number of benzene rings is 2. The topological polar surface area (TPSA) is 23.8 Å². The summed E-state index contributed by atoms with van der Waals surface area (Å²) < 4.78 is 1.20. The molecule has 0 aliphatic carbocycles. The molecule has 0 N–H and O–H groups in total.